The average Bonchev–Trinajstić information content (AvgIpc) is 1.62. The molecule has 4 nitrogen and oxygen atoms in total. The van der Waals surface area contributed by atoms with Crippen molar-refractivity contribution in [3.8, 4) is 0 Å². The molecule has 0 radical (unpaired) electrons. The van der Waals surface area contributed by atoms with Gasteiger partial charge in [-0.3, -0.25) is 19.6 Å². The molecule has 19 saturated carbocycles. The molecule has 0 aromatic heterocycles. The van der Waals surface area contributed by atoms with Crippen LogP contribution >= 0.6 is 0 Å². The molecule has 0 bridgehead atoms. The first kappa shape index (κ1) is 83.3. The summed E-state index contributed by atoms with van der Waals surface area (Å²) in [7, 11) is 0. The van der Waals surface area contributed by atoms with Gasteiger partial charge in [-0.1, -0.05) is 298 Å². The van der Waals surface area contributed by atoms with E-state index in [-0.39, 0.29) is 0 Å². The molecule has 119 heavy (non-hydrogen) atoms. The zero-order valence-corrected chi connectivity index (χ0v) is 79.0. The fraction of sp³-hybridized carbons (Fsp3) is 1.00. The van der Waals surface area contributed by atoms with E-state index in [0.717, 1.165) is 251 Å². The molecule has 0 aromatic carbocycles. The highest BCUT2D eigenvalue weighted by molar-refractivity contribution is 6.65. The monoisotopic (exact) mass is 1630 g/mol. The Labute approximate surface area is 735 Å². The first-order chi connectivity index (χ1) is 58.3. The van der Waals surface area contributed by atoms with Crippen LogP contribution in [-0.4, -0.2) is 98.8 Å². The van der Waals surface area contributed by atoms with Crippen molar-refractivity contribution in [3.05, 3.63) is 0 Å². The minimum absolute atomic E-state index is 0.426. The van der Waals surface area contributed by atoms with E-state index in [1.165, 1.54) is 6.42 Å². The molecule has 0 N–H and O–H groups in total. The predicted molar refractivity (Wildman–Crippen MR) is 500 cm³/mol. The van der Waals surface area contributed by atoms with Gasteiger partial charge in [0.2, 0.25) is 0 Å². The van der Waals surface area contributed by atoms with E-state index in [9.17, 15) is 0 Å². The number of fused-ring (bicyclic) bond motifs is 10. The first-order valence-electron chi connectivity index (χ1n) is 57.4. The highest BCUT2D eigenvalue weighted by Gasteiger charge is 2.72. The molecule has 31 atom stereocenters. The van der Waals surface area contributed by atoms with Crippen molar-refractivity contribution in [1.29, 1.82) is 0 Å². The zero-order valence-electron chi connectivity index (χ0n) is 79.0. The summed E-state index contributed by atoms with van der Waals surface area (Å²) in [5, 5.41) is 0. The molecule has 23 aliphatic rings. The molecule has 668 valence electrons. The Morgan fingerprint density at radius 1 is 0.185 bits per heavy atom. The summed E-state index contributed by atoms with van der Waals surface area (Å²) in [4.78, 5) is 15.7. The Morgan fingerprint density at radius 3 is 0.958 bits per heavy atom. The van der Waals surface area contributed by atoms with Gasteiger partial charge < -0.3 is 0 Å². The molecular weight excluding hydrogens is 1440 g/mol. The lowest BCUT2D eigenvalue weighted by molar-refractivity contribution is -0.158. The Bertz CT molecular complexity index is 3210. The standard InChI is InChI=1S/C114H189BN4/c1-113(2,3)84-59-79-53-54-80-60-85(114(4,5)6)68-97-92(66-83(61-84)108(79)109(80)97)78-55-58-104-99(67-78)115-98-57-56-86(116-100-49-29-25-45-88(100)89-46-26-30-50-101(89)116)69-105(98)119(112-95(76-41-21-11-22-42-76)64-82(73-35-15-8-16-36-73)65-96(112)77-43-23-12-24-44-77)107-71-87(117-102-51-31-27-47-90(102)91-48-28-32-52-103(91)117)70-106(110(107)115)118(104)111-93(74-37-17-9-18-38-74)62-81(72-33-13-7-14-34-72)63-94(111)75-39-19-10-20-40-75/h72-112H,7-71H2,1-6H3. The highest BCUT2D eigenvalue weighted by Crippen LogP contribution is 2.73. The lowest BCUT2D eigenvalue weighted by Gasteiger charge is -2.73. The highest BCUT2D eigenvalue weighted by atomic mass is 15.3. The summed E-state index contributed by atoms with van der Waals surface area (Å²) in [5.41, 5.74) is 0.867. The van der Waals surface area contributed by atoms with E-state index in [2.05, 4.69) is 61.1 Å². The molecule has 23 rings (SSSR count). The summed E-state index contributed by atoms with van der Waals surface area (Å²) in [6.07, 6.45) is 103. The first-order valence-corrected chi connectivity index (χ1v) is 57.4. The Morgan fingerprint density at radius 2 is 0.529 bits per heavy atom. The molecule has 0 aromatic rings. The maximum atomic E-state index is 4.15. The lowest BCUT2D eigenvalue weighted by Crippen LogP contribution is -2.78. The van der Waals surface area contributed by atoms with Crippen LogP contribution in [0.25, 0.3) is 0 Å². The van der Waals surface area contributed by atoms with Crippen LogP contribution in [0.4, 0.5) is 0 Å². The van der Waals surface area contributed by atoms with Crippen molar-refractivity contribution in [3.63, 3.8) is 0 Å². The fourth-order valence-electron chi connectivity index (χ4n) is 43.3. The molecule has 4 saturated heterocycles. The van der Waals surface area contributed by atoms with Gasteiger partial charge in [0.25, 0.3) is 0 Å². The van der Waals surface area contributed by atoms with Crippen LogP contribution in [0.1, 0.15) is 459 Å². The lowest BCUT2D eigenvalue weighted by atomic mass is 9.18. The summed E-state index contributed by atoms with van der Waals surface area (Å²) < 4.78 is 0. The van der Waals surface area contributed by atoms with Gasteiger partial charge >= 0.3 is 0 Å². The van der Waals surface area contributed by atoms with Crippen LogP contribution in [0.2, 0.25) is 17.5 Å². The minimum atomic E-state index is 0.426. The minimum Gasteiger partial charge on any atom is -0.295 e. The largest absolute Gasteiger partial charge is 0.295 e. The SMILES string of the molecule is CC(C)(C)C1CC2CCC3CC(C(C)(C)C)CC4C(C5CCC6C(C5)B5C7CCC(N8C9CCCCC9C9CCCCC98)CC7N(C7C(C8CCCCC8)CC(C8CCCCC8)CC7C7CCCCC7)C7CC(N8C9CCCCC9C9CCCCC98)CC(C57)N6C5C(C6CCCCC6)CC(C6CCCCC6)CC5C5CCCCC5)CC(C1)C2C34. The van der Waals surface area contributed by atoms with Crippen LogP contribution < -0.4 is 0 Å². The van der Waals surface area contributed by atoms with Crippen molar-refractivity contribution in [2.45, 2.75) is 549 Å². The zero-order chi connectivity index (χ0) is 79.5. The van der Waals surface area contributed by atoms with Crippen molar-refractivity contribution >= 4 is 6.71 Å². The van der Waals surface area contributed by atoms with E-state index >= 15 is 0 Å². The van der Waals surface area contributed by atoms with Crippen LogP contribution in [0.3, 0.4) is 0 Å². The van der Waals surface area contributed by atoms with E-state index < -0.39 is 0 Å². The number of hydrogen-bond acceptors (Lipinski definition) is 4. The van der Waals surface area contributed by atoms with Gasteiger partial charge in [0.15, 0.2) is 6.71 Å². The number of nitrogens with zero attached hydrogens (tertiary/aromatic N) is 4. The average molecular weight is 1630 g/mol. The second-order valence-corrected chi connectivity index (χ2v) is 53.9. The van der Waals surface area contributed by atoms with Gasteiger partial charge in [0.1, 0.15) is 0 Å². The molecule has 5 heteroatoms. The molecule has 0 spiro atoms. The second-order valence-electron chi connectivity index (χ2n) is 53.9. The van der Waals surface area contributed by atoms with Gasteiger partial charge in [0.05, 0.1) is 0 Å². The van der Waals surface area contributed by atoms with Crippen LogP contribution in [0.5, 0.6) is 0 Å². The summed E-state index contributed by atoms with van der Waals surface area (Å²) in [6, 6.07) is 10.2. The summed E-state index contributed by atoms with van der Waals surface area (Å²) >= 11 is 0. The topological polar surface area (TPSA) is 13.0 Å². The van der Waals surface area contributed by atoms with Gasteiger partial charge in [-0.25, -0.2) is 0 Å². The smallest absolute Gasteiger partial charge is 0.156 e. The fourth-order valence-corrected chi connectivity index (χ4v) is 43.3. The normalized spacial score (nSPS) is 50.7. The number of hydrogen-bond donors (Lipinski definition) is 0. The molecular formula is C114H189BN4. The molecule has 0 amide bonds. The molecule has 4 heterocycles. The van der Waals surface area contributed by atoms with E-state index in [0.29, 0.717) is 10.8 Å². The third kappa shape index (κ3) is 15.2. The summed E-state index contributed by atoms with van der Waals surface area (Å²) in [6.45, 7) is 17.4. The van der Waals surface area contributed by atoms with Crippen LogP contribution in [0, 0.1) is 165 Å². The van der Waals surface area contributed by atoms with Crippen LogP contribution in [0.15, 0.2) is 0 Å². The van der Waals surface area contributed by atoms with Crippen molar-refractivity contribution in [2.24, 2.45) is 165 Å². The second kappa shape index (κ2) is 34.9. The van der Waals surface area contributed by atoms with E-state index in [4.69, 9.17) is 0 Å². The number of rotatable bonds is 11. The quantitative estimate of drug-likeness (QED) is 0.191. The number of likely N-dealkylation sites (tertiary alicyclic amines) is 2. The predicted octanol–water partition coefficient (Wildman–Crippen LogP) is 30.0. The van der Waals surface area contributed by atoms with Crippen molar-refractivity contribution in [2.75, 3.05) is 0 Å². The third-order valence-corrected chi connectivity index (χ3v) is 47.6. The summed E-state index contributed by atoms with van der Waals surface area (Å²) in [5.74, 6) is 28.6. The van der Waals surface area contributed by atoms with Crippen LogP contribution in [-0.2, 0) is 0 Å². The van der Waals surface area contributed by atoms with Gasteiger partial charge in [-0.05, 0) is 343 Å². The molecule has 4 aliphatic heterocycles. The molecule has 19 aliphatic carbocycles. The Hall–Kier alpha value is -0.0951. The third-order valence-electron chi connectivity index (χ3n) is 47.6. The molecule has 23 fully saturated rings. The maximum Gasteiger partial charge on any atom is 0.156 e. The van der Waals surface area contributed by atoms with Crippen molar-refractivity contribution in [1.82, 2.24) is 19.6 Å². The van der Waals surface area contributed by atoms with E-state index in [1.807, 2.05) is 0 Å². The molecule has 31 unspecified atom stereocenters. The Kier molecular flexibility index (Phi) is 24.4. The Balaban J connectivity index is 0.734. The van der Waals surface area contributed by atoms with Crippen molar-refractivity contribution < 1.29 is 0 Å². The van der Waals surface area contributed by atoms with Gasteiger partial charge in [0, 0.05) is 72.5 Å². The maximum absolute atomic E-state index is 4.15. The van der Waals surface area contributed by atoms with Gasteiger partial charge in [-0.15, -0.1) is 0 Å². The van der Waals surface area contributed by atoms with Gasteiger partial charge in [-0.2, -0.15) is 0 Å². The van der Waals surface area contributed by atoms with E-state index in [1.54, 1.807) is 411 Å².